The smallest absolute Gasteiger partial charge is 0.297 e. The number of carbonyl (C=O) groups is 1. The first-order valence-corrected chi connectivity index (χ1v) is 6.71. The molecule has 0 aliphatic carbocycles. The molecule has 1 aromatic carbocycles. The predicted molar refractivity (Wildman–Crippen MR) is 78.8 cm³/mol. The number of hydrogen-bond acceptors (Lipinski definition) is 3. The summed E-state index contributed by atoms with van der Waals surface area (Å²) in [7, 11) is 0. The molecule has 0 radical (unpaired) electrons. The highest BCUT2D eigenvalue weighted by atomic mass is 35.5. The highest BCUT2D eigenvalue weighted by molar-refractivity contribution is 6.65. The van der Waals surface area contributed by atoms with Gasteiger partial charge in [0.25, 0.3) is 0 Å². The van der Waals surface area contributed by atoms with Crippen molar-refractivity contribution in [1.82, 2.24) is 0 Å². The third kappa shape index (κ3) is 5.75. The predicted octanol–water partition coefficient (Wildman–Crippen LogP) is 4.71. The Labute approximate surface area is 118 Å². The van der Waals surface area contributed by atoms with Gasteiger partial charge in [-0.1, -0.05) is 49.7 Å². The SMILES string of the molecule is CCC/C(Cl)=N/OC(=O)Nc1ccc(C(C)C)cc1. The van der Waals surface area contributed by atoms with Gasteiger partial charge in [-0.2, -0.15) is 0 Å². The zero-order chi connectivity index (χ0) is 14.3. The summed E-state index contributed by atoms with van der Waals surface area (Å²) >= 11 is 5.73. The summed E-state index contributed by atoms with van der Waals surface area (Å²) in [5, 5.41) is 6.39. The van der Waals surface area contributed by atoms with E-state index in [0.29, 0.717) is 18.0 Å². The van der Waals surface area contributed by atoms with Gasteiger partial charge < -0.3 is 0 Å². The van der Waals surface area contributed by atoms with Crippen LogP contribution in [0.15, 0.2) is 29.4 Å². The van der Waals surface area contributed by atoms with Crippen LogP contribution in [0.2, 0.25) is 0 Å². The fraction of sp³-hybridized carbons (Fsp3) is 0.429. The van der Waals surface area contributed by atoms with Crippen LogP contribution in [-0.4, -0.2) is 11.3 Å². The molecule has 0 aliphatic heterocycles. The Morgan fingerprint density at radius 1 is 1.37 bits per heavy atom. The van der Waals surface area contributed by atoms with Crippen molar-refractivity contribution in [1.29, 1.82) is 0 Å². The second-order valence-electron chi connectivity index (χ2n) is 4.50. The van der Waals surface area contributed by atoms with Crippen LogP contribution in [0.1, 0.15) is 45.1 Å². The third-order valence-corrected chi connectivity index (χ3v) is 2.77. The van der Waals surface area contributed by atoms with Gasteiger partial charge in [-0.3, -0.25) is 10.2 Å². The van der Waals surface area contributed by atoms with E-state index >= 15 is 0 Å². The van der Waals surface area contributed by atoms with E-state index in [1.54, 1.807) is 0 Å². The first kappa shape index (κ1) is 15.5. The van der Waals surface area contributed by atoms with E-state index in [0.717, 1.165) is 6.42 Å². The molecule has 0 spiro atoms. The minimum absolute atomic E-state index is 0.285. The Morgan fingerprint density at radius 3 is 2.53 bits per heavy atom. The molecule has 0 unspecified atom stereocenters. The summed E-state index contributed by atoms with van der Waals surface area (Å²) in [6.45, 7) is 6.19. The van der Waals surface area contributed by atoms with E-state index in [1.807, 2.05) is 31.2 Å². The number of nitrogens with zero attached hydrogens (tertiary/aromatic N) is 1. The van der Waals surface area contributed by atoms with Gasteiger partial charge in [0.15, 0.2) is 0 Å². The second kappa shape index (κ2) is 7.79. The van der Waals surface area contributed by atoms with E-state index in [1.165, 1.54) is 5.56 Å². The van der Waals surface area contributed by atoms with Gasteiger partial charge in [0, 0.05) is 12.1 Å². The van der Waals surface area contributed by atoms with Gasteiger partial charge >= 0.3 is 6.09 Å². The number of nitrogens with one attached hydrogen (secondary N) is 1. The summed E-state index contributed by atoms with van der Waals surface area (Å²) in [4.78, 5) is 16.1. The van der Waals surface area contributed by atoms with Gasteiger partial charge in [0.1, 0.15) is 5.17 Å². The lowest BCUT2D eigenvalue weighted by atomic mass is 10.0. The minimum Gasteiger partial charge on any atom is -0.297 e. The largest absolute Gasteiger partial charge is 0.437 e. The summed E-state index contributed by atoms with van der Waals surface area (Å²) in [6.07, 6.45) is 0.800. The summed E-state index contributed by atoms with van der Waals surface area (Å²) < 4.78 is 0. The van der Waals surface area contributed by atoms with E-state index in [-0.39, 0.29) is 5.17 Å². The van der Waals surface area contributed by atoms with E-state index in [4.69, 9.17) is 11.6 Å². The Morgan fingerprint density at radius 2 is 2.00 bits per heavy atom. The number of halogens is 1. The molecule has 1 aromatic rings. The molecular weight excluding hydrogens is 264 g/mol. The molecule has 0 aromatic heterocycles. The monoisotopic (exact) mass is 282 g/mol. The zero-order valence-corrected chi connectivity index (χ0v) is 12.2. The van der Waals surface area contributed by atoms with Crippen LogP contribution in [0.25, 0.3) is 0 Å². The topological polar surface area (TPSA) is 50.7 Å². The summed E-state index contributed by atoms with van der Waals surface area (Å²) in [5.41, 5.74) is 1.87. The van der Waals surface area contributed by atoms with Gasteiger partial charge in [-0.25, -0.2) is 4.79 Å². The molecular formula is C14H19ClN2O2. The molecule has 19 heavy (non-hydrogen) atoms. The molecule has 0 atom stereocenters. The lowest BCUT2D eigenvalue weighted by Gasteiger charge is -2.07. The Balaban J connectivity index is 2.50. The minimum atomic E-state index is -0.647. The molecule has 0 saturated heterocycles. The molecule has 0 bridgehead atoms. The van der Waals surface area contributed by atoms with Crippen LogP contribution in [-0.2, 0) is 4.84 Å². The molecule has 4 nitrogen and oxygen atoms in total. The normalized spacial score (nSPS) is 11.5. The number of amides is 1. The van der Waals surface area contributed by atoms with Crippen LogP contribution in [0.3, 0.4) is 0 Å². The Hall–Kier alpha value is -1.55. The van der Waals surface area contributed by atoms with Gasteiger partial charge in [-0.05, 0) is 30.0 Å². The van der Waals surface area contributed by atoms with Crippen LogP contribution < -0.4 is 5.32 Å². The first-order chi connectivity index (χ1) is 9.02. The van der Waals surface area contributed by atoms with E-state index in [2.05, 4.69) is 29.2 Å². The number of carbonyl (C=O) groups excluding carboxylic acids is 1. The van der Waals surface area contributed by atoms with Crippen molar-refractivity contribution >= 4 is 28.6 Å². The molecule has 5 heteroatoms. The van der Waals surface area contributed by atoms with Crippen LogP contribution >= 0.6 is 11.6 Å². The highest BCUT2D eigenvalue weighted by Crippen LogP contribution is 2.17. The lowest BCUT2D eigenvalue weighted by Crippen LogP contribution is -2.11. The number of rotatable bonds is 5. The van der Waals surface area contributed by atoms with Gasteiger partial charge in [-0.15, -0.1) is 0 Å². The molecule has 0 fully saturated rings. The van der Waals surface area contributed by atoms with Crippen molar-refractivity contribution in [3.8, 4) is 0 Å². The van der Waals surface area contributed by atoms with Crippen LogP contribution in [0.4, 0.5) is 10.5 Å². The molecule has 1 rings (SSSR count). The van der Waals surface area contributed by atoms with Crippen molar-refractivity contribution in [2.24, 2.45) is 5.16 Å². The van der Waals surface area contributed by atoms with E-state index < -0.39 is 6.09 Å². The van der Waals surface area contributed by atoms with Crippen molar-refractivity contribution in [3.05, 3.63) is 29.8 Å². The lowest BCUT2D eigenvalue weighted by molar-refractivity contribution is 0.166. The standard InChI is InChI=1S/C14H19ClN2O2/c1-4-5-13(15)17-19-14(18)16-12-8-6-11(7-9-12)10(2)3/h6-10H,4-5H2,1-3H3,(H,16,18)/b17-13-. The molecule has 0 saturated carbocycles. The fourth-order valence-electron chi connectivity index (χ4n) is 1.43. The number of oxime groups is 1. The average molecular weight is 283 g/mol. The molecule has 1 amide bonds. The first-order valence-electron chi connectivity index (χ1n) is 6.33. The quantitative estimate of drug-likeness (QED) is 0.483. The van der Waals surface area contributed by atoms with Crippen molar-refractivity contribution in [2.45, 2.75) is 39.5 Å². The molecule has 104 valence electrons. The summed E-state index contributed by atoms with van der Waals surface area (Å²) in [6, 6.07) is 7.59. The maximum atomic E-state index is 11.4. The molecule has 1 N–H and O–H groups in total. The Kier molecular flexibility index (Phi) is 6.36. The summed E-state index contributed by atoms with van der Waals surface area (Å²) in [5.74, 6) is 0.457. The highest BCUT2D eigenvalue weighted by Gasteiger charge is 2.04. The third-order valence-electron chi connectivity index (χ3n) is 2.51. The van der Waals surface area contributed by atoms with Gasteiger partial charge in [0.2, 0.25) is 0 Å². The van der Waals surface area contributed by atoms with Crippen molar-refractivity contribution in [3.63, 3.8) is 0 Å². The van der Waals surface area contributed by atoms with E-state index in [9.17, 15) is 4.79 Å². The number of hydrogen-bond donors (Lipinski definition) is 1. The zero-order valence-electron chi connectivity index (χ0n) is 11.4. The number of benzene rings is 1. The fourth-order valence-corrected chi connectivity index (χ4v) is 1.66. The maximum absolute atomic E-state index is 11.4. The number of anilines is 1. The second-order valence-corrected chi connectivity index (χ2v) is 4.93. The molecule has 0 heterocycles. The van der Waals surface area contributed by atoms with Crippen molar-refractivity contribution < 1.29 is 9.63 Å². The van der Waals surface area contributed by atoms with Gasteiger partial charge in [0.05, 0.1) is 0 Å². The maximum Gasteiger partial charge on any atom is 0.437 e. The van der Waals surface area contributed by atoms with Crippen LogP contribution in [0.5, 0.6) is 0 Å². The van der Waals surface area contributed by atoms with Crippen LogP contribution in [0, 0.1) is 0 Å². The Bertz CT molecular complexity index is 441. The molecule has 0 aliphatic rings. The average Bonchev–Trinajstić information content (AvgIpc) is 2.37. The van der Waals surface area contributed by atoms with Crippen molar-refractivity contribution in [2.75, 3.05) is 5.32 Å².